The van der Waals surface area contributed by atoms with Gasteiger partial charge in [0.05, 0.1) is 16.3 Å². The second kappa shape index (κ2) is 8.29. The summed E-state index contributed by atoms with van der Waals surface area (Å²) >= 11 is 6.81. The summed E-state index contributed by atoms with van der Waals surface area (Å²) in [5.41, 5.74) is 0.736. The number of benzene rings is 2. The molecular weight excluding hydrogens is 550 g/mol. The lowest BCUT2D eigenvalue weighted by atomic mass is 10.1. The third kappa shape index (κ3) is 3.94. The minimum atomic E-state index is -0.652. The first-order valence-corrected chi connectivity index (χ1v) is 10.7. The number of esters is 2. The molecule has 0 spiro atoms. The Labute approximate surface area is 197 Å². The topological polar surface area (TPSA) is 96.6 Å². The predicted molar refractivity (Wildman–Crippen MR) is 119 cm³/mol. The number of carbonyl (C=O) groups is 2. The molecule has 2 aliphatic heterocycles. The molecule has 0 N–H and O–H groups in total. The second-order valence-corrected chi connectivity index (χ2v) is 8.35. The lowest BCUT2D eigenvalue weighted by Gasteiger charge is -2.11. The SMILES string of the molecule is O=C1OC(c2ccco2)=N/C1=C/c1cc(Br)cc(Br)c1OC(=O)c1ccc2c(c1)OCO2. The molecule has 2 aromatic carbocycles. The Balaban J connectivity index is 1.48. The fraction of sp³-hybridized carbons (Fsp3) is 0.0455. The average molecular weight is 561 g/mol. The van der Waals surface area contributed by atoms with Crippen molar-refractivity contribution in [1.82, 2.24) is 0 Å². The van der Waals surface area contributed by atoms with Crippen LogP contribution in [0.5, 0.6) is 17.2 Å². The van der Waals surface area contributed by atoms with Crippen LogP contribution in [0, 0.1) is 0 Å². The van der Waals surface area contributed by atoms with Crippen LogP contribution in [-0.2, 0) is 9.53 Å². The molecular formula is C22H11Br2NO7. The maximum absolute atomic E-state index is 12.8. The summed E-state index contributed by atoms with van der Waals surface area (Å²) in [5.74, 6) is 0.343. The summed E-state index contributed by atoms with van der Waals surface area (Å²) in [6.07, 6.45) is 2.92. The third-order valence-electron chi connectivity index (χ3n) is 4.48. The standard InChI is InChI=1S/C22H11Br2NO7/c23-13-6-12(7-15-22(27)32-20(25-15)17-2-1-5-28-17)19(14(24)9-13)31-21(26)11-3-4-16-18(8-11)30-10-29-16/h1-9H,10H2/b15-7+. The summed E-state index contributed by atoms with van der Waals surface area (Å²) in [5, 5.41) is 0. The van der Waals surface area contributed by atoms with Gasteiger partial charge in [-0.05, 0) is 64.5 Å². The fourth-order valence-electron chi connectivity index (χ4n) is 3.03. The van der Waals surface area contributed by atoms with Crippen molar-refractivity contribution in [3.8, 4) is 17.2 Å². The van der Waals surface area contributed by atoms with Gasteiger partial charge in [-0.3, -0.25) is 0 Å². The van der Waals surface area contributed by atoms with E-state index in [9.17, 15) is 9.59 Å². The maximum atomic E-state index is 12.8. The van der Waals surface area contributed by atoms with E-state index in [1.807, 2.05) is 0 Å². The molecule has 0 amide bonds. The zero-order valence-electron chi connectivity index (χ0n) is 16.0. The number of cyclic esters (lactones) is 1. The van der Waals surface area contributed by atoms with Gasteiger partial charge >= 0.3 is 11.9 Å². The van der Waals surface area contributed by atoms with Gasteiger partial charge in [-0.25, -0.2) is 14.6 Å². The molecule has 0 saturated heterocycles. The van der Waals surface area contributed by atoms with Crippen LogP contribution in [0.15, 0.2) is 72.8 Å². The summed E-state index contributed by atoms with van der Waals surface area (Å²) < 4.78 is 27.8. The molecule has 8 nitrogen and oxygen atoms in total. The van der Waals surface area contributed by atoms with Gasteiger partial charge in [-0.15, -0.1) is 0 Å². The number of nitrogens with zero attached hydrogens (tertiary/aromatic N) is 1. The van der Waals surface area contributed by atoms with Crippen molar-refractivity contribution < 1.29 is 33.0 Å². The van der Waals surface area contributed by atoms with E-state index >= 15 is 0 Å². The molecule has 32 heavy (non-hydrogen) atoms. The lowest BCUT2D eigenvalue weighted by molar-refractivity contribution is -0.130. The molecule has 0 aliphatic carbocycles. The second-order valence-electron chi connectivity index (χ2n) is 6.58. The van der Waals surface area contributed by atoms with Crippen molar-refractivity contribution in [2.45, 2.75) is 0 Å². The highest BCUT2D eigenvalue weighted by molar-refractivity contribution is 9.11. The molecule has 1 aromatic heterocycles. The van der Waals surface area contributed by atoms with Gasteiger partial charge in [0.15, 0.2) is 28.7 Å². The van der Waals surface area contributed by atoms with Crippen LogP contribution in [0.25, 0.3) is 6.08 Å². The largest absolute Gasteiger partial charge is 0.459 e. The number of carbonyl (C=O) groups excluding carboxylic acids is 2. The van der Waals surface area contributed by atoms with Crippen LogP contribution in [0.3, 0.4) is 0 Å². The molecule has 0 fully saturated rings. The molecule has 0 radical (unpaired) electrons. The summed E-state index contributed by atoms with van der Waals surface area (Å²) in [7, 11) is 0. The molecule has 10 heteroatoms. The van der Waals surface area contributed by atoms with Gasteiger partial charge in [-0.2, -0.15) is 0 Å². The number of hydrogen-bond donors (Lipinski definition) is 0. The third-order valence-corrected chi connectivity index (χ3v) is 5.53. The van der Waals surface area contributed by atoms with Crippen molar-refractivity contribution in [2.75, 3.05) is 6.79 Å². The van der Waals surface area contributed by atoms with Gasteiger partial charge < -0.3 is 23.4 Å². The van der Waals surface area contributed by atoms with E-state index in [0.29, 0.717) is 31.8 Å². The van der Waals surface area contributed by atoms with Crippen molar-refractivity contribution in [3.05, 3.63) is 80.3 Å². The molecule has 0 atom stereocenters. The number of hydrogen-bond acceptors (Lipinski definition) is 8. The van der Waals surface area contributed by atoms with E-state index in [1.54, 1.807) is 42.5 Å². The van der Waals surface area contributed by atoms with Crippen LogP contribution in [0.1, 0.15) is 21.7 Å². The molecule has 3 heterocycles. The summed E-state index contributed by atoms with van der Waals surface area (Å²) in [6.45, 7) is 0.0976. The smallest absolute Gasteiger partial charge is 0.363 e. The number of fused-ring (bicyclic) bond motifs is 1. The lowest BCUT2D eigenvalue weighted by Crippen LogP contribution is -2.10. The van der Waals surface area contributed by atoms with Crippen LogP contribution in [0.4, 0.5) is 0 Å². The monoisotopic (exact) mass is 559 g/mol. The summed E-state index contributed by atoms with van der Waals surface area (Å²) in [6, 6.07) is 11.5. The van der Waals surface area contributed by atoms with E-state index in [-0.39, 0.29) is 29.7 Å². The first-order valence-electron chi connectivity index (χ1n) is 9.15. The van der Waals surface area contributed by atoms with E-state index in [4.69, 9.17) is 23.4 Å². The molecule has 2 aliphatic rings. The van der Waals surface area contributed by atoms with Crippen LogP contribution in [-0.4, -0.2) is 24.6 Å². The van der Waals surface area contributed by atoms with E-state index in [2.05, 4.69) is 36.9 Å². The molecule has 0 unspecified atom stereocenters. The molecule has 0 bridgehead atoms. The summed E-state index contributed by atoms with van der Waals surface area (Å²) in [4.78, 5) is 29.3. The van der Waals surface area contributed by atoms with E-state index < -0.39 is 11.9 Å². The number of rotatable bonds is 4. The average Bonchev–Trinajstić information content (AvgIpc) is 3.51. The van der Waals surface area contributed by atoms with Gasteiger partial charge in [0.1, 0.15) is 0 Å². The first-order chi connectivity index (χ1) is 15.5. The Kier molecular flexibility index (Phi) is 5.32. The Bertz CT molecular complexity index is 1310. The zero-order valence-corrected chi connectivity index (χ0v) is 19.1. The number of halogens is 2. The van der Waals surface area contributed by atoms with Crippen LogP contribution in [0.2, 0.25) is 0 Å². The minimum absolute atomic E-state index is 0.0294. The Morgan fingerprint density at radius 3 is 2.75 bits per heavy atom. The highest BCUT2D eigenvalue weighted by atomic mass is 79.9. The fourth-order valence-corrected chi connectivity index (χ4v) is 4.37. The number of aliphatic imine (C=N–C) groups is 1. The van der Waals surface area contributed by atoms with Gasteiger partial charge in [-0.1, -0.05) is 15.9 Å². The Hall–Kier alpha value is -3.37. The van der Waals surface area contributed by atoms with E-state index in [1.165, 1.54) is 12.3 Å². The molecule has 5 rings (SSSR count). The molecule has 3 aromatic rings. The van der Waals surface area contributed by atoms with Gasteiger partial charge in [0.25, 0.3) is 5.90 Å². The zero-order chi connectivity index (χ0) is 22.2. The van der Waals surface area contributed by atoms with Gasteiger partial charge in [0.2, 0.25) is 6.79 Å². The van der Waals surface area contributed by atoms with Crippen LogP contribution < -0.4 is 14.2 Å². The molecule has 160 valence electrons. The Morgan fingerprint density at radius 2 is 1.94 bits per heavy atom. The van der Waals surface area contributed by atoms with Crippen LogP contribution >= 0.6 is 31.9 Å². The van der Waals surface area contributed by atoms with E-state index in [0.717, 1.165) is 0 Å². The number of furan rings is 1. The van der Waals surface area contributed by atoms with Crippen molar-refractivity contribution >= 4 is 55.8 Å². The normalized spacial score (nSPS) is 15.6. The molecule has 0 saturated carbocycles. The highest BCUT2D eigenvalue weighted by Gasteiger charge is 2.27. The quantitative estimate of drug-likeness (QED) is 0.249. The minimum Gasteiger partial charge on any atom is -0.459 e. The first kappa shape index (κ1) is 20.5. The number of ether oxygens (including phenoxy) is 4. The van der Waals surface area contributed by atoms with Crippen molar-refractivity contribution in [2.24, 2.45) is 4.99 Å². The highest BCUT2D eigenvalue weighted by Crippen LogP contribution is 2.37. The predicted octanol–water partition coefficient (Wildman–Crippen LogP) is 5.10. The maximum Gasteiger partial charge on any atom is 0.363 e. The Morgan fingerprint density at radius 1 is 1.09 bits per heavy atom. The van der Waals surface area contributed by atoms with Crippen molar-refractivity contribution in [1.29, 1.82) is 0 Å². The van der Waals surface area contributed by atoms with Crippen molar-refractivity contribution in [3.63, 3.8) is 0 Å². The van der Waals surface area contributed by atoms with Gasteiger partial charge in [0, 0.05) is 10.0 Å².